The number of benzene rings is 2. The number of ether oxygens (including phenoxy) is 2. The summed E-state index contributed by atoms with van der Waals surface area (Å²) < 4.78 is 12.0. The smallest absolute Gasteiger partial charge is 0.337 e. The molecule has 5 rings (SSSR count). The van der Waals surface area contributed by atoms with Crippen molar-refractivity contribution >= 4 is 11.7 Å². The predicted molar refractivity (Wildman–Crippen MR) is 181 cm³/mol. The molecule has 1 atom stereocenters. The summed E-state index contributed by atoms with van der Waals surface area (Å²) in [6.07, 6.45) is 1.92. The Bertz CT molecular complexity index is 1530. The molecule has 0 amide bonds. The van der Waals surface area contributed by atoms with Crippen molar-refractivity contribution < 1.29 is 19.4 Å². The SMILES string of the molecule is CCOc1cccc(CN2CCc3cc(-c4c(C)nc(C)c([C@H](OC(C)(C)C)C(=O)O)c4N4CCC(C)(C)CC4)ccc3C2)c1. The summed E-state index contributed by atoms with van der Waals surface area (Å²) in [4.78, 5) is 22.7. The predicted octanol–water partition coefficient (Wildman–Crippen LogP) is 7.89. The maximum Gasteiger partial charge on any atom is 0.337 e. The molecule has 2 aliphatic heterocycles. The first kappa shape index (κ1) is 33.0. The number of carboxylic acids is 1. The van der Waals surface area contributed by atoms with Gasteiger partial charge in [-0.1, -0.05) is 44.2 Å². The van der Waals surface area contributed by atoms with Crippen LogP contribution in [0.1, 0.15) is 94.1 Å². The van der Waals surface area contributed by atoms with Crippen LogP contribution < -0.4 is 9.64 Å². The highest BCUT2D eigenvalue weighted by Gasteiger charge is 2.36. The summed E-state index contributed by atoms with van der Waals surface area (Å²) in [7, 11) is 0. The molecule has 0 radical (unpaired) electrons. The zero-order valence-corrected chi connectivity index (χ0v) is 28.5. The Labute approximate surface area is 269 Å². The van der Waals surface area contributed by atoms with Crippen LogP contribution in [0.25, 0.3) is 11.1 Å². The van der Waals surface area contributed by atoms with Gasteiger partial charge in [0.15, 0.2) is 6.10 Å². The average Bonchev–Trinajstić information content (AvgIpc) is 2.95. The van der Waals surface area contributed by atoms with Gasteiger partial charge in [0.2, 0.25) is 0 Å². The van der Waals surface area contributed by atoms with Crippen molar-refractivity contribution in [1.29, 1.82) is 0 Å². The first-order valence-corrected chi connectivity index (χ1v) is 16.5. The summed E-state index contributed by atoms with van der Waals surface area (Å²) in [5.41, 5.74) is 8.97. The highest BCUT2D eigenvalue weighted by molar-refractivity contribution is 5.88. The Balaban J connectivity index is 1.53. The number of aromatic nitrogens is 1. The van der Waals surface area contributed by atoms with Crippen LogP contribution in [0.2, 0.25) is 0 Å². The Morgan fingerprint density at radius 1 is 1.02 bits per heavy atom. The van der Waals surface area contributed by atoms with E-state index in [-0.39, 0.29) is 5.41 Å². The molecule has 7 nitrogen and oxygen atoms in total. The fourth-order valence-electron chi connectivity index (χ4n) is 6.82. The minimum Gasteiger partial charge on any atom is -0.494 e. The minimum absolute atomic E-state index is 0.254. The molecular formula is C38H51N3O4. The van der Waals surface area contributed by atoms with Crippen molar-refractivity contribution in [2.45, 2.75) is 99.4 Å². The fourth-order valence-corrected chi connectivity index (χ4v) is 6.82. The number of anilines is 1. The number of fused-ring (bicyclic) bond motifs is 1. The third-order valence-electron chi connectivity index (χ3n) is 9.17. The second-order valence-corrected chi connectivity index (χ2v) is 14.5. The molecule has 2 aliphatic rings. The van der Waals surface area contributed by atoms with Gasteiger partial charge in [-0.15, -0.1) is 0 Å². The lowest BCUT2D eigenvalue weighted by atomic mass is 9.81. The van der Waals surface area contributed by atoms with Crippen LogP contribution in [0.15, 0.2) is 42.5 Å². The number of hydrogen-bond donors (Lipinski definition) is 1. The van der Waals surface area contributed by atoms with E-state index in [0.717, 1.165) is 85.9 Å². The number of nitrogens with zero attached hydrogens (tertiary/aromatic N) is 3. The normalized spacial score (nSPS) is 17.6. The van der Waals surface area contributed by atoms with Gasteiger partial charge in [-0.25, -0.2) is 4.79 Å². The topological polar surface area (TPSA) is 75.1 Å². The number of carbonyl (C=O) groups is 1. The molecule has 1 N–H and O–H groups in total. The molecule has 1 aromatic heterocycles. The van der Waals surface area contributed by atoms with Crippen molar-refractivity contribution in [3.05, 3.63) is 76.1 Å². The first-order chi connectivity index (χ1) is 21.2. The van der Waals surface area contributed by atoms with Crippen LogP contribution in [0.5, 0.6) is 5.75 Å². The number of rotatable bonds is 9. The van der Waals surface area contributed by atoms with Crippen LogP contribution in [0.3, 0.4) is 0 Å². The van der Waals surface area contributed by atoms with Gasteiger partial charge in [0.1, 0.15) is 5.75 Å². The zero-order valence-electron chi connectivity index (χ0n) is 28.5. The Morgan fingerprint density at radius 3 is 2.42 bits per heavy atom. The molecule has 1 fully saturated rings. The van der Waals surface area contributed by atoms with E-state index in [2.05, 4.69) is 67.0 Å². The average molecular weight is 614 g/mol. The van der Waals surface area contributed by atoms with E-state index >= 15 is 0 Å². The van der Waals surface area contributed by atoms with Gasteiger partial charge in [0.25, 0.3) is 0 Å². The van der Waals surface area contributed by atoms with Gasteiger partial charge in [-0.2, -0.15) is 0 Å². The first-order valence-electron chi connectivity index (χ1n) is 16.5. The molecule has 0 unspecified atom stereocenters. The standard InChI is InChI=1S/C38H51N3O4/c1-9-44-31-12-10-11-27(21-31)23-40-18-15-28-22-29(13-14-30(28)24-40)32-25(2)39-26(3)33(35(36(42)43)45-37(4,5)6)34(32)41-19-16-38(7,8)17-20-41/h10-14,21-22,35H,9,15-20,23-24H2,1-8H3,(H,42,43)/t35-/m0/s1. The van der Waals surface area contributed by atoms with E-state index in [1.54, 1.807) is 0 Å². The number of aryl methyl sites for hydroxylation is 2. The van der Waals surface area contributed by atoms with Crippen molar-refractivity contribution in [2.24, 2.45) is 5.41 Å². The number of pyridine rings is 1. The summed E-state index contributed by atoms with van der Waals surface area (Å²) in [6, 6.07) is 15.2. The zero-order chi connectivity index (χ0) is 32.5. The van der Waals surface area contributed by atoms with Crippen LogP contribution >= 0.6 is 0 Å². The fraction of sp³-hybridized carbons (Fsp3) is 0.526. The summed E-state index contributed by atoms with van der Waals surface area (Å²) in [5, 5.41) is 10.5. The maximum atomic E-state index is 12.8. The second-order valence-electron chi connectivity index (χ2n) is 14.5. The van der Waals surface area contributed by atoms with Gasteiger partial charge in [-0.3, -0.25) is 9.88 Å². The van der Waals surface area contributed by atoms with Crippen LogP contribution in [-0.4, -0.2) is 52.8 Å². The molecule has 3 heterocycles. The van der Waals surface area contributed by atoms with E-state index in [1.807, 2.05) is 40.7 Å². The third kappa shape index (κ3) is 7.70. The molecule has 242 valence electrons. The Morgan fingerprint density at radius 2 is 1.76 bits per heavy atom. The second kappa shape index (κ2) is 13.1. The summed E-state index contributed by atoms with van der Waals surface area (Å²) in [6.45, 7) is 21.5. The number of piperidine rings is 1. The van der Waals surface area contributed by atoms with E-state index in [9.17, 15) is 9.90 Å². The third-order valence-corrected chi connectivity index (χ3v) is 9.17. The van der Waals surface area contributed by atoms with Crippen LogP contribution in [-0.2, 0) is 29.0 Å². The van der Waals surface area contributed by atoms with Crippen molar-refractivity contribution in [3.63, 3.8) is 0 Å². The molecule has 2 aromatic carbocycles. The van der Waals surface area contributed by atoms with Crippen LogP contribution in [0.4, 0.5) is 5.69 Å². The molecule has 45 heavy (non-hydrogen) atoms. The molecule has 0 saturated carbocycles. The van der Waals surface area contributed by atoms with E-state index < -0.39 is 17.7 Å². The number of aliphatic carboxylic acids is 1. The lowest BCUT2D eigenvalue weighted by Gasteiger charge is -2.41. The summed E-state index contributed by atoms with van der Waals surface area (Å²) in [5.74, 6) is -0.0647. The van der Waals surface area contributed by atoms with Crippen molar-refractivity contribution in [3.8, 4) is 16.9 Å². The van der Waals surface area contributed by atoms with Crippen LogP contribution in [0, 0.1) is 19.3 Å². The minimum atomic E-state index is -1.12. The van der Waals surface area contributed by atoms with Gasteiger partial charge < -0.3 is 19.5 Å². The molecular weight excluding hydrogens is 562 g/mol. The largest absolute Gasteiger partial charge is 0.494 e. The summed E-state index contributed by atoms with van der Waals surface area (Å²) >= 11 is 0. The van der Waals surface area contributed by atoms with Gasteiger partial charge in [-0.05, 0) is 101 Å². The highest BCUT2D eigenvalue weighted by atomic mass is 16.5. The quantitative estimate of drug-likeness (QED) is 0.263. The van der Waals surface area contributed by atoms with E-state index in [0.29, 0.717) is 12.2 Å². The van der Waals surface area contributed by atoms with Crippen molar-refractivity contribution in [1.82, 2.24) is 9.88 Å². The molecule has 3 aromatic rings. The maximum absolute atomic E-state index is 12.8. The van der Waals surface area contributed by atoms with E-state index in [1.165, 1.54) is 16.7 Å². The van der Waals surface area contributed by atoms with Gasteiger partial charge in [0.05, 0.1) is 17.9 Å². The Hall–Kier alpha value is -3.42. The molecule has 1 saturated heterocycles. The number of hydrogen-bond acceptors (Lipinski definition) is 6. The van der Waals surface area contributed by atoms with Crippen molar-refractivity contribution in [2.75, 3.05) is 31.1 Å². The monoisotopic (exact) mass is 613 g/mol. The molecule has 0 spiro atoms. The van der Waals surface area contributed by atoms with Gasteiger partial charge >= 0.3 is 5.97 Å². The lowest BCUT2D eigenvalue weighted by Crippen LogP contribution is -2.39. The molecule has 0 bridgehead atoms. The molecule has 7 heteroatoms. The molecule has 0 aliphatic carbocycles. The van der Waals surface area contributed by atoms with E-state index in [4.69, 9.17) is 14.5 Å². The lowest BCUT2D eigenvalue weighted by molar-refractivity contribution is -0.160. The Kier molecular flexibility index (Phi) is 9.62. The van der Waals surface area contributed by atoms with Gasteiger partial charge in [0, 0.05) is 55.2 Å². The number of carboxylic acid groups (broad SMARTS) is 1. The highest BCUT2D eigenvalue weighted by Crippen LogP contribution is 2.45.